The smallest absolute Gasteiger partial charge is 0.249 e. The topological polar surface area (TPSA) is 98.4 Å². The predicted molar refractivity (Wildman–Crippen MR) is 100 cm³/mol. The second kappa shape index (κ2) is 8.22. The van der Waals surface area contributed by atoms with E-state index in [0.29, 0.717) is 17.3 Å². The molecule has 8 heteroatoms. The maximum absolute atomic E-state index is 12.2. The Labute approximate surface area is 156 Å². The third kappa shape index (κ3) is 4.35. The summed E-state index contributed by atoms with van der Waals surface area (Å²) < 4.78 is 15.6. The van der Waals surface area contributed by atoms with Gasteiger partial charge in [0.15, 0.2) is 17.3 Å². The van der Waals surface area contributed by atoms with Gasteiger partial charge in [0, 0.05) is 5.56 Å². The van der Waals surface area contributed by atoms with Gasteiger partial charge in [-0.2, -0.15) is 4.98 Å². The van der Waals surface area contributed by atoms with Crippen LogP contribution in [0.1, 0.15) is 5.56 Å². The molecule has 0 aliphatic heterocycles. The van der Waals surface area contributed by atoms with Gasteiger partial charge in [0.25, 0.3) is 0 Å². The summed E-state index contributed by atoms with van der Waals surface area (Å²) in [5.74, 6) is 2.45. The molecular formula is C19H20N4O4. The molecule has 0 bridgehead atoms. The largest absolute Gasteiger partial charge is 0.497 e. The Morgan fingerprint density at radius 3 is 2.41 bits per heavy atom. The first-order chi connectivity index (χ1) is 13.1. The first kappa shape index (κ1) is 18.2. The van der Waals surface area contributed by atoms with Gasteiger partial charge in [0.2, 0.25) is 11.9 Å². The number of hydrogen-bond donors (Lipinski definition) is 2. The summed E-state index contributed by atoms with van der Waals surface area (Å²) in [6, 6.07) is 12.7. The minimum atomic E-state index is -0.210. The number of nitrogens with zero attached hydrogens (tertiary/aromatic N) is 2. The van der Waals surface area contributed by atoms with Crippen LogP contribution >= 0.6 is 0 Å². The molecule has 0 atom stereocenters. The zero-order valence-corrected chi connectivity index (χ0v) is 15.3. The fraction of sp³-hybridized carbons (Fsp3) is 0.211. The summed E-state index contributed by atoms with van der Waals surface area (Å²) in [6.45, 7) is 0. The van der Waals surface area contributed by atoms with Crippen LogP contribution in [0.25, 0.3) is 11.4 Å². The molecule has 0 saturated carbocycles. The number of benzene rings is 2. The van der Waals surface area contributed by atoms with Crippen LogP contribution in [0.5, 0.6) is 17.2 Å². The number of nitrogens with one attached hydrogen (secondary N) is 2. The van der Waals surface area contributed by atoms with E-state index in [4.69, 9.17) is 14.2 Å². The Kier molecular flexibility index (Phi) is 5.55. The number of ether oxygens (including phenoxy) is 3. The normalized spacial score (nSPS) is 10.3. The first-order valence-electron chi connectivity index (χ1n) is 8.20. The zero-order valence-electron chi connectivity index (χ0n) is 15.3. The number of aromatic nitrogens is 3. The molecule has 0 aliphatic rings. The molecule has 1 aromatic heterocycles. The van der Waals surface area contributed by atoms with Crippen LogP contribution in [-0.4, -0.2) is 42.4 Å². The lowest BCUT2D eigenvalue weighted by atomic mass is 10.1. The molecule has 0 spiro atoms. The van der Waals surface area contributed by atoms with E-state index in [1.165, 1.54) is 0 Å². The van der Waals surface area contributed by atoms with E-state index in [-0.39, 0.29) is 18.3 Å². The van der Waals surface area contributed by atoms with Gasteiger partial charge in [-0.25, -0.2) is 0 Å². The van der Waals surface area contributed by atoms with Crippen molar-refractivity contribution in [1.29, 1.82) is 0 Å². The number of anilines is 1. The molecule has 0 radical (unpaired) electrons. The highest BCUT2D eigenvalue weighted by atomic mass is 16.5. The maximum atomic E-state index is 12.2. The SMILES string of the molecule is COc1ccc(CC(=O)Nc2n[nH]c(-c3ccc(OC)c(OC)c3)n2)cc1. The Bertz CT molecular complexity index is 922. The minimum Gasteiger partial charge on any atom is -0.497 e. The van der Waals surface area contributed by atoms with Gasteiger partial charge in [0.1, 0.15) is 5.75 Å². The Morgan fingerprint density at radius 1 is 1.00 bits per heavy atom. The van der Waals surface area contributed by atoms with Crippen molar-refractivity contribution in [3.05, 3.63) is 48.0 Å². The number of hydrogen-bond acceptors (Lipinski definition) is 6. The number of carbonyl (C=O) groups excluding carboxylic acids is 1. The molecule has 1 amide bonds. The number of amides is 1. The van der Waals surface area contributed by atoms with Crippen LogP contribution in [0.3, 0.4) is 0 Å². The molecule has 2 N–H and O–H groups in total. The number of methoxy groups -OCH3 is 3. The van der Waals surface area contributed by atoms with Crippen molar-refractivity contribution in [2.24, 2.45) is 0 Å². The van der Waals surface area contributed by atoms with Gasteiger partial charge in [-0.1, -0.05) is 12.1 Å². The molecule has 8 nitrogen and oxygen atoms in total. The molecule has 0 aliphatic carbocycles. The molecule has 140 valence electrons. The lowest BCUT2D eigenvalue weighted by molar-refractivity contribution is -0.115. The van der Waals surface area contributed by atoms with Crippen molar-refractivity contribution in [1.82, 2.24) is 15.2 Å². The van der Waals surface area contributed by atoms with Crippen molar-refractivity contribution in [2.45, 2.75) is 6.42 Å². The Balaban J connectivity index is 1.67. The molecule has 0 unspecified atom stereocenters. The van der Waals surface area contributed by atoms with Crippen LogP contribution in [0.2, 0.25) is 0 Å². The van der Waals surface area contributed by atoms with E-state index in [2.05, 4.69) is 20.5 Å². The maximum Gasteiger partial charge on any atom is 0.249 e. The second-order valence-electron chi connectivity index (χ2n) is 5.65. The highest BCUT2D eigenvalue weighted by Gasteiger charge is 2.12. The number of H-pyrrole nitrogens is 1. The van der Waals surface area contributed by atoms with E-state index >= 15 is 0 Å². The average Bonchev–Trinajstić information content (AvgIpc) is 3.16. The molecular weight excluding hydrogens is 348 g/mol. The summed E-state index contributed by atoms with van der Waals surface area (Å²) in [6.07, 6.45) is 0.213. The van der Waals surface area contributed by atoms with E-state index in [1.807, 2.05) is 30.3 Å². The standard InChI is InChI=1S/C19H20N4O4/c1-25-14-7-4-12(5-8-14)10-17(24)20-19-21-18(22-23-19)13-6-9-15(26-2)16(11-13)27-3/h4-9,11H,10H2,1-3H3,(H2,20,21,22,23,24). The van der Waals surface area contributed by atoms with Gasteiger partial charge in [0.05, 0.1) is 27.8 Å². The number of aromatic amines is 1. The fourth-order valence-corrected chi connectivity index (χ4v) is 2.53. The molecule has 3 aromatic rings. The lowest BCUT2D eigenvalue weighted by Crippen LogP contribution is -2.15. The Hall–Kier alpha value is -3.55. The summed E-state index contributed by atoms with van der Waals surface area (Å²) in [5.41, 5.74) is 1.62. The van der Waals surface area contributed by atoms with E-state index in [9.17, 15) is 4.79 Å². The summed E-state index contributed by atoms with van der Waals surface area (Å²) in [5, 5.41) is 9.53. The van der Waals surface area contributed by atoms with Crippen molar-refractivity contribution in [3.63, 3.8) is 0 Å². The molecule has 1 heterocycles. The Morgan fingerprint density at radius 2 is 1.74 bits per heavy atom. The zero-order chi connectivity index (χ0) is 19.2. The second-order valence-corrected chi connectivity index (χ2v) is 5.65. The predicted octanol–water partition coefficient (Wildman–Crippen LogP) is 2.68. The van der Waals surface area contributed by atoms with E-state index < -0.39 is 0 Å². The highest BCUT2D eigenvalue weighted by Crippen LogP contribution is 2.31. The van der Waals surface area contributed by atoms with E-state index in [0.717, 1.165) is 16.9 Å². The summed E-state index contributed by atoms with van der Waals surface area (Å²) >= 11 is 0. The quantitative estimate of drug-likeness (QED) is 0.665. The van der Waals surface area contributed by atoms with E-state index in [1.54, 1.807) is 33.5 Å². The van der Waals surface area contributed by atoms with Crippen LogP contribution in [-0.2, 0) is 11.2 Å². The van der Waals surface area contributed by atoms with Crippen LogP contribution in [0, 0.1) is 0 Å². The summed E-state index contributed by atoms with van der Waals surface area (Å²) in [7, 11) is 4.73. The molecule has 0 saturated heterocycles. The fourth-order valence-electron chi connectivity index (χ4n) is 2.53. The molecule has 0 fully saturated rings. The summed E-state index contributed by atoms with van der Waals surface area (Å²) in [4.78, 5) is 16.5. The van der Waals surface area contributed by atoms with Gasteiger partial charge in [-0.05, 0) is 35.9 Å². The third-order valence-corrected chi connectivity index (χ3v) is 3.92. The van der Waals surface area contributed by atoms with Gasteiger partial charge in [-0.15, -0.1) is 5.10 Å². The van der Waals surface area contributed by atoms with Gasteiger partial charge < -0.3 is 14.2 Å². The molecule has 3 rings (SSSR count). The van der Waals surface area contributed by atoms with Crippen molar-refractivity contribution in [3.8, 4) is 28.6 Å². The third-order valence-electron chi connectivity index (χ3n) is 3.92. The average molecular weight is 368 g/mol. The van der Waals surface area contributed by atoms with Crippen LogP contribution in [0.15, 0.2) is 42.5 Å². The van der Waals surface area contributed by atoms with Crippen molar-refractivity contribution >= 4 is 11.9 Å². The van der Waals surface area contributed by atoms with Crippen LogP contribution in [0.4, 0.5) is 5.95 Å². The minimum absolute atomic E-state index is 0.207. The van der Waals surface area contributed by atoms with Crippen molar-refractivity contribution < 1.29 is 19.0 Å². The molecule has 27 heavy (non-hydrogen) atoms. The number of carbonyl (C=O) groups is 1. The highest BCUT2D eigenvalue weighted by molar-refractivity contribution is 5.90. The first-order valence-corrected chi connectivity index (χ1v) is 8.20. The monoisotopic (exact) mass is 368 g/mol. The van der Waals surface area contributed by atoms with Crippen LogP contribution < -0.4 is 19.5 Å². The van der Waals surface area contributed by atoms with Gasteiger partial charge >= 0.3 is 0 Å². The lowest BCUT2D eigenvalue weighted by Gasteiger charge is -2.07. The molecule has 2 aromatic carbocycles. The number of rotatable bonds is 7. The van der Waals surface area contributed by atoms with Crippen molar-refractivity contribution in [2.75, 3.05) is 26.6 Å². The van der Waals surface area contributed by atoms with Gasteiger partial charge in [-0.3, -0.25) is 15.2 Å².